The smallest absolute Gasteiger partial charge is 0.309 e. The second-order valence-corrected chi connectivity index (χ2v) is 9.38. The zero-order chi connectivity index (χ0) is 20.4. The van der Waals surface area contributed by atoms with Crippen LogP contribution in [-0.4, -0.2) is 38.2 Å². The van der Waals surface area contributed by atoms with E-state index in [1.165, 1.54) is 7.11 Å². The number of anilines is 1. The highest BCUT2D eigenvalue weighted by Gasteiger charge is 2.85. The predicted molar refractivity (Wildman–Crippen MR) is 107 cm³/mol. The van der Waals surface area contributed by atoms with Gasteiger partial charge >= 0.3 is 5.97 Å². The summed E-state index contributed by atoms with van der Waals surface area (Å²) in [6, 6.07) is 6.53. The van der Waals surface area contributed by atoms with Crippen LogP contribution in [0.2, 0.25) is 0 Å². The Morgan fingerprint density at radius 2 is 1.56 bits per heavy atom. The molecule has 2 aliphatic rings. The van der Waals surface area contributed by atoms with Crippen LogP contribution in [0.1, 0.15) is 0 Å². The van der Waals surface area contributed by atoms with Crippen LogP contribution in [-0.2, 0) is 9.59 Å². The number of hydrogen-bond donors (Lipinski definition) is 2. The SMILES string of the molecule is COc1ccccc1NC(=O)[C@@H]1[C@@H](C(=O)O)[C@@]2(Cl)C(Cl)=C(Cl)[C@@]1(Cl)C2(Cl)Cl. The zero-order valence-electron chi connectivity index (χ0n) is 13.4. The number of para-hydroxylation sites is 2. The lowest BCUT2D eigenvalue weighted by atomic mass is 9.81. The van der Waals surface area contributed by atoms with E-state index >= 15 is 0 Å². The van der Waals surface area contributed by atoms with Crippen LogP contribution in [0.3, 0.4) is 0 Å². The first kappa shape index (κ1) is 21.2. The molecule has 0 saturated heterocycles. The van der Waals surface area contributed by atoms with Gasteiger partial charge in [0.05, 0.1) is 34.7 Å². The third kappa shape index (κ3) is 2.52. The summed E-state index contributed by atoms with van der Waals surface area (Å²) in [5.41, 5.74) is 0.293. The van der Waals surface area contributed by atoms with Crippen LogP contribution < -0.4 is 10.1 Å². The van der Waals surface area contributed by atoms with Crippen molar-refractivity contribution in [3.8, 4) is 5.75 Å². The molecule has 2 aliphatic carbocycles. The molecule has 0 spiro atoms. The van der Waals surface area contributed by atoms with Crippen molar-refractivity contribution in [2.75, 3.05) is 12.4 Å². The molecule has 0 aliphatic heterocycles. The van der Waals surface area contributed by atoms with Crippen LogP contribution in [0, 0.1) is 11.8 Å². The molecule has 1 aromatic rings. The summed E-state index contributed by atoms with van der Waals surface area (Å²) < 4.78 is 3.02. The molecule has 3 rings (SSSR count). The standard InChI is InChI=1S/C16H11Cl6NO4/c1-27-7-5-3-2-4-6(7)23-12(24)8-9(13(25)26)15(20)11(18)10(17)14(8,19)16(15,21)22/h2-5,8-9H,1H3,(H,23,24)(H,25,26)/t8-,9-,14+,15+/m0/s1. The number of benzene rings is 1. The van der Waals surface area contributed by atoms with E-state index in [4.69, 9.17) is 74.3 Å². The van der Waals surface area contributed by atoms with Crippen molar-refractivity contribution in [3.05, 3.63) is 34.3 Å². The van der Waals surface area contributed by atoms with Gasteiger partial charge in [0.2, 0.25) is 5.91 Å². The molecule has 1 saturated carbocycles. The molecule has 0 unspecified atom stereocenters. The number of ether oxygens (including phenoxy) is 1. The van der Waals surface area contributed by atoms with Gasteiger partial charge in [0, 0.05) is 0 Å². The third-order valence-corrected chi connectivity index (χ3v) is 9.11. The molecule has 0 heterocycles. The first-order chi connectivity index (χ1) is 12.5. The van der Waals surface area contributed by atoms with Gasteiger partial charge < -0.3 is 15.2 Å². The Kier molecular flexibility index (Phi) is 5.29. The monoisotopic (exact) mass is 491 g/mol. The number of halogens is 6. The quantitative estimate of drug-likeness (QED) is 0.591. The number of carbonyl (C=O) groups excluding carboxylic acids is 1. The lowest BCUT2D eigenvalue weighted by molar-refractivity contribution is -0.146. The van der Waals surface area contributed by atoms with E-state index in [9.17, 15) is 14.7 Å². The molecule has 1 fully saturated rings. The highest BCUT2D eigenvalue weighted by atomic mass is 35.5. The van der Waals surface area contributed by atoms with E-state index in [0.717, 1.165) is 0 Å². The Morgan fingerprint density at radius 1 is 1.04 bits per heavy atom. The number of nitrogens with one attached hydrogen (secondary N) is 1. The summed E-state index contributed by atoms with van der Waals surface area (Å²) in [6.07, 6.45) is 0. The minimum absolute atomic E-state index is 0.261. The number of methoxy groups -OCH3 is 1. The van der Waals surface area contributed by atoms with Gasteiger partial charge in [-0.3, -0.25) is 9.59 Å². The Labute approximate surface area is 184 Å². The van der Waals surface area contributed by atoms with Crippen LogP contribution in [0.5, 0.6) is 5.75 Å². The average molecular weight is 494 g/mol. The van der Waals surface area contributed by atoms with Gasteiger partial charge in [-0.15, -0.1) is 23.2 Å². The van der Waals surface area contributed by atoms with E-state index in [1.54, 1.807) is 24.3 Å². The highest BCUT2D eigenvalue weighted by Crippen LogP contribution is 2.76. The normalized spacial score (nSPS) is 33.9. The number of alkyl halides is 4. The van der Waals surface area contributed by atoms with E-state index in [0.29, 0.717) is 11.4 Å². The van der Waals surface area contributed by atoms with Gasteiger partial charge in [0.15, 0.2) is 4.33 Å². The van der Waals surface area contributed by atoms with Crippen LogP contribution in [0.4, 0.5) is 5.69 Å². The number of rotatable bonds is 4. The van der Waals surface area contributed by atoms with Crippen molar-refractivity contribution >= 4 is 87.2 Å². The number of fused-ring (bicyclic) bond motifs is 2. The number of carbonyl (C=O) groups is 2. The number of aliphatic carboxylic acids is 1. The largest absolute Gasteiger partial charge is 0.495 e. The molecular weight excluding hydrogens is 483 g/mol. The number of amides is 1. The maximum Gasteiger partial charge on any atom is 0.309 e. The van der Waals surface area contributed by atoms with E-state index in [-0.39, 0.29) is 10.1 Å². The summed E-state index contributed by atoms with van der Waals surface area (Å²) in [7, 11) is 1.42. The molecule has 2 N–H and O–H groups in total. The van der Waals surface area contributed by atoms with Crippen LogP contribution >= 0.6 is 69.6 Å². The maximum absolute atomic E-state index is 13.1. The van der Waals surface area contributed by atoms with Gasteiger partial charge in [-0.25, -0.2) is 0 Å². The second-order valence-electron chi connectivity index (χ2n) is 6.11. The van der Waals surface area contributed by atoms with Crippen molar-refractivity contribution in [1.29, 1.82) is 0 Å². The van der Waals surface area contributed by atoms with Crippen molar-refractivity contribution in [2.45, 2.75) is 14.1 Å². The molecule has 0 aromatic heterocycles. The fraction of sp³-hybridized carbons (Fsp3) is 0.375. The van der Waals surface area contributed by atoms with Crippen molar-refractivity contribution < 1.29 is 19.4 Å². The Bertz CT molecular complexity index is 874. The minimum Gasteiger partial charge on any atom is -0.495 e. The molecule has 1 amide bonds. The first-order valence-corrected chi connectivity index (χ1v) is 9.71. The molecule has 27 heavy (non-hydrogen) atoms. The Morgan fingerprint density at radius 3 is 2.07 bits per heavy atom. The van der Waals surface area contributed by atoms with E-state index < -0.39 is 37.8 Å². The van der Waals surface area contributed by atoms with Crippen molar-refractivity contribution in [1.82, 2.24) is 0 Å². The fourth-order valence-corrected chi connectivity index (χ4v) is 6.52. The molecule has 4 atom stereocenters. The van der Waals surface area contributed by atoms with Gasteiger partial charge in [-0.05, 0) is 12.1 Å². The molecule has 5 nitrogen and oxygen atoms in total. The summed E-state index contributed by atoms with van der Waals surface area (Å²) in [4.78, 5) is 20.9. The van der Waals surface area contributed by atoms with Crippen molar-refractivity contribution in [2.24, 2.45) is 11.8 Å². The summed E-state index contributed by atoms with van der Waals surface area (Å²) in [5, 5.41) is 11.8. The summed E-state index contributed by atoms with van der Waals surface area (Å²) in [5.74, 6) is -5.02. The average Bonchev–Trinajstić information content (AvgIpc) is 2.82. The molecule has 11 heteroatoms. The number of carboxylic acid groups (broad SMARTS) is 1. The van der Waals surface area contributed by atoms with Crippen LogP contribution in [0.15, 0.2) is 34.3 Å². The summed E-state index contributed by atoms with van der Waals surface area (Å²) >= 11 is 38.1. The van der Waals surface area contributed by atoms with Gasteiger partial charge in [-0.1, -0.05) is 58.5 Å². The number of hydrogen-bond acceptors (Lipinski definition) is 3. The van der Waals surface area contributed by atoms with Crippen molar-refractivity contribution in [3.63, 3.8) is 0 Å². The molecular formula is C16H11Cl6NO4. The first-order valence-electron chi connectivity index (χ1n) is 7.44. The second kappa shape index (κ2) is 6.75. The topological polar surface area (TPSA) is 75.6 Å². The minimum atomic E-state index is -2.15. The molecule has 2 bridgehead atoms. The fourth-order valence-electron chi connectivity index (χ4n) is 3.59. The van der Waals surface area contributed by atoms with Gasteiger partial charge in [-0.2, -0.15) is 0 Å². The zero-order valence-corrected chi connectivity index (χ0v) is 17.9. The lowest BCUT2D eigenvalue weighted by Crippen LogP contribution is -2.47. The van der Waals surface area contributed by atoms with Crippen LogP contribution in [0.25, 0.3) is 0 Å². The molecule has 1 aromatic carbocycles. The summed E-state index contributed by atoms with van der Waals surface area (Å²) in [6.45, 7) is 0. The van der Waals surface area contributed by atoms with Gasteiger partial charge in [0.25, 0.3) is 0 Å². The maximum atomic E-state index is 13.1. The molecule has 146 valence electrons. The lowest BCUT2D eigenvalue weighted by Gasteiger charge is -2.33. The van der Waals surface area contributed by atoms with Gasteiger partial charge in [0.1, 0.15) is 15.5 Å². The number of allylic oxidation sites excluding steroid dienone is 2. The third-order valence-electron chi connectivity index (χ3n) is 4.85. The highest BCUT2D eigenvalue weighted by molar-refractivity contribution is 6.66. The Hall–Kier alpha value is -0.560. The van der Waals surface area contributed by atoms with E-state index in [1.807, 2.05) is 0 Å². The molecule has 0 radical (unpaired) electrons. The number of carboxylic acids is 1. The Balaban J connectivity index is 2.12. The predicted octanol–water partition coefficient (Wildman–Crippen LogP) is 4.80. The van der Waals surface area contributed by atoms with E-state index in [2.05, 4.69) is 5.32 Å².